The predicted molar refractivity (Wildman–Crippen MR) is 61.2 cm³/mol. The zero-order chi connectivity index (χ0) is 12.3. The van der Waals surface area contributed by atoms with Crippen LogP contribution in [0.1, 0.15) is 6.92 Å². The summed E-state index contributed by atoms with van der Waals surface area (Å²) in [4.78, 5) is 11.0. The van der Waals surface area contributed by atoms with Crippen LogP contribution in [-0.2, 0) is 14.8 Å². The molecule has 0 aliphatic heterocycles. The highest BCUT2D eigenvalue weighted by molar-refractivity contribution is 9.10. The van der Waals surface area contributed by atoms with Crippen molar-refractivity contribution in [3.05, 3.63) is 28.7 Å². The van der Waals surface area contributed by atoms with Gasteiger partial charge in [-0.1, -0.05) is 15.9 Å². The van der Waals surface area contributed by atoms with Gasteiger partial charge in [0, 0.05) is 4.47 Å². The molecule has 1 amide bonds. The van der Waals surface area contributed by atoms with Crippen LogP contribution >= 0.6 is 15.9 Å². The summed E-state index contributed by atoms with van der Waals surface area (Å²) in [7, 11) is -3.90. The monoisotopic (exact) mass is 307 g/mol. The molecule has 1 aromatic carbocycles. The van der Waals surface area contributed by atoms with Crippen LogP contribution in [0.2, 0.25) is 0 Å². The van der Waals surface area contributed by atoms with Gasteiger partial charge in [-0.15, -0.1) is 0 Å². The fourth-order valence-corrected chi connectivity index (χ4v) is 2.20. The number of hydrogen-bond acceptors (Lipinski definition) is 4. The third kappa shape index (κ3) is 3.29. The van der Waals surface area contributed by atoms with E-state index < -0.39 is 22.0 Å². The standard InChI is InChI=1S/C9H10BrNO4S/c1-6(12)9(13)11-16(14,15)8-4-2-7(10)3-5-8/h2-6,12H,1H3,(H,11,13)/t6-/m1/s1. The Kier molecular flexibility index (Phi) is 4.06. The second kappa shape index (κ2) is 4.94. The Morgan fingerprint density at radius 3 is 2.31 bits per heavy atom. The molecule has 0 aliphatic carbocycles. The van der Waals surface area contributed by atoms with E-state index >= 15 is 0 Å². The normalized spacial score (nSPS) is 13.2. The summed E-state index contributed by atoms with van der Waals surface area (Å²) >= 11 is 3.16. The lowest BCUT2D eigenvalue weighted by atomic mass is 10.4. The SMILES string of the molecule is C[C@@H](O)C(=O)NS(=O)(=O)c1ccc(Br)cc1. The molecule has 0 radical (unpaired) electrons. The average Bonchev–Trinajstić information content (AvgIpc) is 2.17. The molecule has 0 unspecified atom stereocenters. The van der Waals surface area contributed by atoms with Crippen LogP contribution in [0.5, 0.6) is 0 Å². The van der Waals surface area contributed by atoms with Gasteiger partial charge in [-0.05, 0) is 31.2 Å². The fourth-order valence-electron chi connectivity index (χ4n) is 0.890. The predicted octanol–water partition coefficient (Wildman–Crippen LogP) is 0.635. The Balaban J connectivity index is 2.95. The molecule has 16 heavy (non-hydrogen) atoms. The molecule has 0 saturated heterocycles. The van der Waals surface area contributed by atoms with E-state index in [0.717, 1.165) is 4.47 Å². The number of halogens is 1. The number of sulfonamides is 1. The molecule has 7 heteroatoms. The lowest BCUT2D eigenvalue weighted by Gasteiger charge is -2.08. The van der Waals surface area contributed by atoms with Gasteiger partial charge in [0.15, 0.2) is 0 Å². The minimum absolute atomic E-state index is 0.0373. The van der Waals surface area contributed by atoms with Gasteiger partial charge in [-0.3, -0.25) is 4.79 Å². The van der Waals surface area contributed by atoms with Crippen molar-refractivity contribution >= 4 is 31.9 Å². The van der Waals surface area contributed by atoms with Crippen LogP contribution in [-0.4, -0.2) is 25.5 Å². The van der Waals surface area contributed by atoms with Crippen LogP contribution in [0.15, 0.2) is 33.6 Å². The molecule has 0 aliphatic rings. The maximum absolute atomic E-state index is 11.6. The lowest BCUT2D eigenvalue weighted by molar-refractivity contribution is -0.126. The molecule has 1 atom stereocenters. The third-order valence-corrected chi connectivity index (χ3v) is 3.63. The van der Waals surface area contributed by atoms with Crippen molar-refractivity contribution in [1.82, 2.24) is 4.72 Å². The number of aliphatic hydroxyl groups excluding tert-OH is 1. The Morgan fingerprint density at radius 1 is 1.38 bits per heavy atom. The van der Waals surface area contributed by atoms with Crippen molar-refractivity contribution in [2.75, 3.05) is 0 Å². The van der Waals surface area contributed by atoms with Gasteiger partial charge in [0.2, 0.25) is 0 Å². The smallest absolute Gasteiger partial charge is 0.264 e. The first-order valence-corrected chi connectivity index (χ1v) is 6.61. The number of hydrogen-bond donors (Lipinski definition) is 2. The Labute approximate surface area is 102 Å². The molecule has 2 N–H and O–H groups in total. The summed E-state index contributed by atoms with van der Waals surface area (Å²) in [5, 5.41) is 8.89. The van der Waals surface area contributed by atoms with Crippen LogP contribution in [0.3, 0.4) is 0 Å². The second-order valence-corrected chi connectivity index (χ2v) is 5.70. The van der Waals surface area contributed by atoms with Gasteiger partial charge in [0.1, 0.15) is 6.10 Å². The molecule has 5 nitrogen and oxygen atoms in total. The number of nitrogens with one attached hydrogen (secondary N) is 1. The summed E-state index contributed by atoms with van der Waals surface area (Å²) in [6.45, 7) is 1.19. The van der Waals surface area contributed by atoms with Crippen LogP contribution in [0.4, 0.5) is 0 Å². The maximum atomic E-state index is 11.6. The Hall–Kier alpha value is -0.920. The highest BCUT2D eigenvalue weighted by Crippen LogP contribution is 2.14. The zero-order valence-corrected chi connectivity index (χ0v) is 10.7. The number of carbonyl (C=O) groups is 1. The van der Waals surface area contributed by atoms with E-state index in [0.29, 0.717) is 0 Å². The van der Waals surface area contributed by atoms with Crippen LogP contribution in [0.25, 0.3) is 0 Å². The molecule has 0 fully saturated rings. The molecule has 0 heterocycles. The van der Waals surface area contributed by atoms with Crippen molar-refractivity contribution in [3.8, 4) is 0 Å². The van der Waals surface area contributed by atoms with E-state index in [1.165, 1.54) is 19.1 Å². The van der Waals surface area contributed by atoms with Gasteiger partial charge in [-0.2, -0.15) is 0 Å². The number of aliphatic hydroxyl groups is 1. The Morgan fingerprint density at radius 2 is 1.88 bits per heavy atom. The summed E-state index contributed by atoms with van der Waals surface area (Å²) in [6, 6.07) is 5.78. The molecule has 0 aromatic heterocycles. The van der Waals surface area contributed by atoms with E-state index in [1.807, 2.05) is 0 Å². The molecular formula is C9H10BrNO4S. The number of carbonyl (C=O) groups excluding carboxylic acids is 1. The number of rotatable bonds is 3. The van der Waals surface area contributed by atoms with Crippen molar-refractivity contribution < 1.29 is 18.3 Å². The van der Waals surface area contributed by atoms with Gasteiger partial charge in [-0.25, -0.2) is 13.1 Å². The quantitative estimate of drug-likeness (QED) is 0.858. The fraction of sp³-hybridized carbons (Fsp3) is 0.222. The average molecular weight is 308 g/mol. The van der Waals surface area contributed by atoms with E-state index in [9.17, 15) is 13.2 Å². The summed E-state index contributed by atoms with van der Waals surface area (Å²) in [6.07, 6.45) is -1.37. The molecule has 88 valence electrons. The van der Waals surface area contributed by atoms with E-state index in [2.05, 4.69) is 15.9 Å². The van der Waals surface area contributed by atoms with Crippen molar-refractivity contribution in [1.29, 1.82) is 0 Å². The van der Waals surface area contributed by atoms with Crippen molar-refractivity contribution in [3.63, 3.8) is 0 Å². The third-order valence-electron chi connectivity index (χ3n) is 1.74. The van der Waals surface area contributed by atoms with Gasteiger partial charge >= 0.3 is 0 Å². The zero-order valence-electron chi connectivity index (χ0n) is 8.34. The maximum Gasteiger partial charge on any atom is 0.264 e. The largest absolute Gasteiger partial charge is 0.384 e. The van der Waals surface area contributed by atoms with Gasteiger partial charge in [0.25, 0.3) is 15.9 Å². The van der Waals surface area contributed by atoms with Crippen molar-refractivity contribution in [2.45, 2.75) is 17.9 Å². The summed E-state index contributed by atoms with van der Waals surface area (Å²) in [5.41, 5.74) is 0. The van der Waals surface area contributed by atoms with Gasteiger partial charge < -0.3 is 5.11 Å². The van der Waals surface area contributed by atoms with Crippen molar-refractivity contribution in [2.24, 2.45) is 0 Å². The molecular weight excluding hydrogens is 298 g/mol. The molecule has 0 bridgehead atoms. The highest BCUT2D eigenvalue weighted by Gasteiger charge is 2.19. The summed E-state index contributed by atoms with van der Waals surface area (Å²) < 4.78 is 25.7. The molecule has 0 saturated carbocycles. The second-order valence-electron chi connectivity index (χ2n) is 3.10. The lowest BCUT2D eigenvalue weighted by Crippen LogP contribution is -2.37. The van der Waals surface area contributed by atoms with Crippen LogP contribution < -0.4 is 4.72 Å². The summed E-state index contributed by atoms with van der Waals surface area (Å²) in [5.74, 6) is -0.956. The molecule has 1 rings (SSSR count). The first-order chi connectivity index (χ1) is 7.33. The van der Waals surface area contributed by atoms with E-state index in [1.54, 1.807) is 16.9 Å². The first-order valence-electron chi connectivity index (χ1n) is 4.33. The number of benzene rings is 1. The highest BCUT2D eigenvalue weighted by atomic mass is 79.9. The number of amides is 1. The first kappa shape index (κ1) is 13.1. The van der Waals surface area contributed by atoms with Gasteiger partial charge in [0.05, 0.1) is 4.90 Å². The van der Waals surface area contributed by atoms with E-state index in [-0.39, 0.29) is 4.90 Å². The molecule has 0 spiro atoms. The Bertz CT molecular complexity index is 481. The topological polar surface area (TPSA) is 83.5 Å². The molecule has 1 aromatic rings. The minimum atomic E-state index is -3.90. The minimum Gasteiger partial charge on any atom is -0.384 e. The van der Waals surface area contributed by atoms with E-state index in [4.69, 9.17) is 5.11 Å². The van der Waals surface area contributed by atoms with Crippen LogP contribution in [0, 0.1) is 0 Å².